The van der Waals surface area contributed by atoms with Gasteiger partial charge in [0.15, 0.2) is 0 Å². The zero-order chi connectivity index (χ0) is 20.1. The summed E-state index contributed by atoms with van der Waals surface area (Å²) < 4.78 is 19.0. The summed E-state index contributed by atoms with van der Waals surface area (Å²) in [6, 6.07) is 10.2. The molecule has 1 amide bonds. The van der Waals surface area contributed by atoms with Crippen LogP contribution in [0.25, 0.3) is 0 Å². The SMILES string of the molecule is COc1ccc(C(CNC(=O)c2cc(F)c(Cl)cc2Cl)N2CCCCC2)cc1. The van der Waals surface area contributed by atoms with E-state index in [0.29, 0.717) is 6.54 Å². The van der Waals surface area contributed by atoms with Crippen LogP contribution in [0.5, 0.6) is 5.75 Å². The number of amides is 1. The average Bonchev–Trinajstić information content (AvgIpc) is 2.72. The van der Waals surface area contributed by atoms with Crippen LogP contribution in [0, 0.1) is 5.82 Å². The topological polar surface area (TPSA) is 41.6 Å². The van der Waals surface area contributed by atoms with Crippen LogP contribution in [0.15, 0.2) is 36.4 Å². The molecule has 0 aliphatic carbocycles. The molecular weight excluding hydrogens is 402 g/mol. The van der Waals surface area contributed by atoms with E-state index in [2.05, 4.69) is 10.2 Å². The standard InChI is InChI=1S/C21H23Cl2FN2O2/c1-28-15-7-5-14(6-8-15)20(26-9-3-2-4-10-26)13-25-21(27)16-11-19(24)18(23)12-17(16)22/h5-8,11-12,20H,2-4,9-10,13H2,1H3,(H,25,27). The molecule has 150 valence electrons. The lowest BCUT2D eigenvalue weighted by Gasteiger charge is -2.35. The Labute approximate surface area is 174 Å². The van der Waals surface area contributed by atoms with Gasteiger partial charge < -0.3 is 10.1 Å². The van der Waals surface area contributed by atoms with Crippen LogP contribution in [0.2, 0.25) is 10.0 Å². The first-order valence-electron chi connectivity index (χ1n) is 9.30. The lowest BCUT2D eigenvalue weighted by Crippen LogP contribution is -2.40. The predicted molar refractivity (Wildman–Crippen MR) is 110 cm³/mol. The van der Waals surface area contributed by atoms with Gasteiger partial charge in [0.2, 0.25) is 0 Å². The number of carbonyl (C=O) groups is 1. The van der Waals surface area contributed by atoms with E-state index in [4.69, 9.17) is 27.9 Å². The van der Waals surface area contributed by atoms with Gasteiger partial charge in [-0.3, -0.25) is 9.69 Å². The fraction of sp³-hybridized carbons (Fsp3) is 0.381. The molecule has 1 aliphatic rings. The maximum Gasteiger partial charge on any atom is 0.252 e. The Morgan fingerprint density at radius 1 is 1.14 bits per heavy atom. The lowest BCUT2D eigenvalue weighted by molar-refractivity contribution is 0.0924. The highest BCUT2D eigenvalue weighted by molar-refractivity contribution is 6.36. The molecule has 1 unspecified atom stereocenters. The first-order chi connectivity index (χ1) is 13.5. The molecule has 0 saturated carbocycles. The summed E-state index contributed by atoms with van der Waals surface area (Å²) in [4.78, 5) is 15.0. The van der Waals surface area contributed by atoms with Gasteiger partial charge in [-0.1, -0.05) is 41.8 Å². The first-order valence-corrected chi connectivity index (χ1v) is 10.1. The van der Waals surface area contributed by atoms with Crippen molar-refractivity contribution >= 4 is 29.1 Å². The molecule has 0 radical (unpaired) electrons. The van der Waals surface area contributed by atoms with Crippen LogP contribution in [0.1, 0.15) is 41.2 Å². The first kappa shape index (κ1) is 20.9. The molecule has 1 saturated heterocycles. The number of piperidine rings is 1. The quantitative estimate of drug-likeness (QED) is 0.655. The van der Waals surface area contributed by atoms with E-state index in [1.54, 1.807) is 7.11 Å². The molecule has 4 nitrogen and oxygen atoms in total. The van der Waals surface area contributed by atoms with E-state index in [1.807, 2.05) is 24.3 Å². The molecule has 1 aliphatic heterocycles. The van der Waals surface area contributed by atoms with Crippen molar-refractivity contribution in [3.8, 4) is 5.75 Å². The Morgan fingerprint density at radius 2 is 1.82 bits per heavy atom. The van der Waals surface area contributed by atoms with Gasteiger partial charge in [0, 0.05) is 6.54 Å². The van der Waals surface area contributed by atoms with E-state index < -0.39 is 11.7 Å². The smallest absolute Gasteiger partial charge is 0.252 e. The largest absolute Gasteiger partial charge is 0.497 e. The van der Waals surface area contributed by atoms with Crippen LogP contribution >= 0.6 is 23.2 Å². The molecule has 0 aromatic heterocycles. The monoisotopic (exact) mass is 424 g/mol. The number of hydrogen-bond donors (Lipinski definition) is 1. The third-order valence-corrected chi connectivity index (χ3v) is 5.64. The Bertz CT molecular complexity index is 824. The molecule has 28 heavy (non-hydrogen) atoms. The van der Waals surface area contributed by atoms with Crippen LogP contribution in [-0.4, -0.2) is 37.6 Å². The second-order valence-corrected chi connectivity index (χ2v) is 7.66. The Hall–Kier alpha value is -1.82. The molecule has 1 fully saturated rings. The number of nitrogens with zero attached hydrogens (tertiary/aromatic N) is 1. The van der Waals surface area contributed by atoms with Crippen LogP contribution in [0.3, 0.4) is 0 Å². The van der Waals surface area contributed by atoms with E-state index in [0.717, 1.165) is 43.3 Å². The van der Waals surface area contributed by atoms with Gasteiger partial charge in [0.05, 0.1) is 28.8 Å². The van der Waals surface area contributed by atoms with Gasteiger partial charge in [0.25, 0.3) is 5.91 Å². The number of ether oxygens (including phenoxy) is 1. The normalized spacial score (nSPS) is 15.9. The molecular formula is C21H23Cl2FN2O2. The van der Waals surface area contributed by atoms with Crippen molar-refractivity contribution in [3.05, 3.63) is 63.4 Å². The van der Waals surface area contributed by atoms with Gasteiger partial charge in [0.1, 0.15) is 11.6 Å². The van der Waals surface area contributed by atoms with Gasteiger partial charge in [-0.25, -0.2) is 4.39 Å². The minimum atomic E-state index is -0.668. The van der Waals surface area contributed by atoms with Gasteiger partial charge in [-0.15, -0.1) is 0 Å². The highest BCUT2D eigenvalue weighted by atomic mass is 35.5. The highest BCUT2D eigenvalue weighted by Crippen LogP contribution is 2.27. The summed E-state index contributed by atoms with van der Waals surface area (Å²) in [7, 11) is 1.63. The maximum atomic E-state index is 13.8. The van der Waals surface area contributed by atoms with Crippen LogP contribution in [-0.2, 0) is 0 Å². The second-order valence-electron chi connectivity index (χ2n) is 6.84. The van der Waals surface area contributed by atoms with Crippen molar-refractivity contribution in [2.24, 2.45) is 0 Å². The molecule has 7 heteroatoms. The number of likely N-dealkylation sites (tertiary alicyclic amines) is 1. The zero-order valence-electron chi connectivity index (χ0n) is 15.7. The number of rotatable bonds is 6. The maximum absolute atomic E-state index is 13.8. The summed E-state index contributed by atoms with van der Waals surface area (Å²) in [5, 5.41) is 2.93. The van der Waals surface area contributed by atoms with Crippen molar-refractivity contribution in [2.45, 2.75) is 25.3 Å². The van der Waals surface area contributed by atoms with E-state index in [1.165, 1.54) is 12.5 Å². The Morgan fingerprint density at radius 3 is 2.46 bits per heavy atom. The zero-order valence-corrected chi connectivity index (χ0v) is 17.2. The van der Waals surface area contributed by atoms with E-state index in [-0.39, 0.29) is 21.7 Å². The fourth-order valence-corrected chi connectivity index (χ4v) is 3.96. The summed E-state index contributed by atoms with van der Waals surface area (Å²) in [6.07, 6.45) is 3.49. The van der Waals surface area contributed by atoms with Crippen molar-refractivity contribution in [2.75, 3.05) is 26.7 Å². The van der Waals surface area contributed by atoms with Crippen LogP contribution in [0.4, 0.5) is 4.39 Å². The summed E-state index contributed by atoms with van der Waals surface area (Å²) in [5.41, 5.74) is 1.17. The van der Waals surface area contributed by atoms with Gasteiger partial charge in [-0.2, -0.15) is 0 Å². The Balaban J connectivity index is 1.77. The fourth-order valence-electron chi connectivity index (χ4n) is 3.50. The number of halogens is 3. The molecule has 0 bridgehead atoms. The summed E-state index contributed by atoms with van der Waals surface area (Å²) in [6.45, 7) is 2.34. The second kappa shape index (κ2) is 9.59. The van der Waals surface area contributed by atoms with Gasteiger partial charge >= 0.3 is 0 Å². The third-order valence-electron chi connectivity index (χ3n) is 5.04. The minimum absolute atomic E-state index is 0.0195. The van der Waals surface area contributed by atoms with Crippen molar-refractivity contribution in [1.29, 1.82) is 0 Å². The van der Waals surface area contributed by atoms with E-state index >= 15 is 0 Å². The summed E-state index contributed by atoms with van der Waals surface area (Å²) in [5.74, 6) is -0.302. The molecule has 2 aromatic carbocycles. The number of benzene rings is 2. The minimum Gasteiger partial charge on any atom is -0.497 e. The number of methoxy groups -OCH3 is 1. The lowest BCUT2D eigenvalue weighted by atomic mass is 10.0. The highest BCUT2D eigenvalue weighted by Gasteiger charge is 2.24. The molecule has 1 N–H and O–H groups in total. The Kier molecular flexibility index (Phi) is 7.16. The molecule has 1 atom stereocenters. The van der Waals surface area contributed by atoms with Crippen LogP contribution < -0.4 is 10.1 Å². The van der Waals surface area contributed by atoms with Crippen molar-refractivity contribution in [3.63, 3.8) is 0 Å². The van der Waals surface area contributed by atoms with Crippen molar-refractivity contribution in [1.82, 2.24) is 10.2 Å². The molecule has 2 aromatic rings. The number of carbonyl (C=O) groups excluding carboxylic acids is 1. The molecule has 1 heterocycles. The van der Waals surface area contributed by atoms with E-state index in [9.17, 15) is 9.18 Å². The third kappa shape index (κ3) is 4.96. The number of hydrogen-bond acceptors (Lipinski definition) is 3. The predicted octanol–water partition coefficient (Wildman–Crippen LogP) is 5.10. The number of nitrogens with one attached hydrogen (secondary N) is 1. The molecule has 3 rings (SSSR count). The summed E-state index contributed by atoms with van der Waals surface area (Å²) >= 11 is 11.8. The van der Waals surface area contributed by atoms with Crippen molar-refractivity contribution < 1.29 is 13.9 Å². The molecule has 0 spiro atoms. The van der Waals surface area contributed by atoms with Gasteiger partial charge in [-0.05, 0) is 55.8 Å². The average molecular weight is 425 g/mol.